The second kappa shape index (κ2) is 8.49. The Balaban J connectivity index is 1.58. The molecule has 2 heterocycles. The number of amides is 1. The van der Waals surface area contributed by atoms with Crippen LogP contribution in [-0.4, -0.2) is 59.0 Å². The Morgan fingerprint density at radius 3 is 2.65 bits per heavy atom. The quantitative estimate of drug-likeness (QED) is 0.800. The molecular formula is C21H30N4O. The molecule has 1 saturated heterocycles. The van der Waals surface area contributed by atoms with Gasteiger partial charge in [0.05, 0.1) is 0 Å². The number of carbonyl (C=O) groups excluding carboxylic acids is 1. The Kier molecular flexibility index (Phi) is 6.09. The Labute approximate surface area is 156 Å². The number of imidazole rings is 1. The summed E-state index contributed by atoms with van der Waals surface area (Å²) in [6.45, 7) is 5.71. The van der Waals surface area contributed by atoms with Gasteiger partial charge in [-0.3, -0.25) is 4.79 Å². The normalized spacial score (nSPS) is 15.6. The number of hydrogen-bond donors (Lipinski definition) is 0. The zero-order valence-corrected chi connectivity index (χ0v) is 16.2. The molecule has 0 spiro atoms. The van der Waals surface area contributed by atoms with E-state index in [2.05, 4.69) is 34.7 Å². The van der Waals surface area contributed by atoms with E-state index in [-0.39, 0.29) is 5.91 Å². The smallest absolute Gasteiger partial charge is 0.254 e. The molecular weight excluding hydrogens is 324 g/mol. The van der Waals surface area contributed by atoms with Gasteiger partial charge in [0.2, 0.25) is 0 Å². The zero-order valence-electron chi connectivity index (χ0n) is 16.2. The Bertz CT molecular complexity index is 729. The van der Waals surface area contributed by atoms with Gasteiger partial charge in [0.15, 0.2) is 0 Å². The lowest BCUT2D eigenvalue weighted by Gasteiger charge is -2.32. The Hall–Kier alpha value is -2.14. The first-order valence-electron chi connectivity index (χ1n) is 9.57. The van der Waals surface area contributed by atoms with Crippen LogP contribution in [0.5, 0.6) is 0 Å². The molecule has 5 nitrogen and oxygen atoms in total. The number of rotatable bonds is 6. The van der Waals surface area contributed by atoms with Crippen LogP contribution in [0.3, 0.4) is 0 Å². The molecule has 0 N–H and O–H groups in total. The summed E-state index contributed by atoms with van der Waals surface area (Å²) in [6.07, 6.45) is 7.11. The second-order valence-electron chi connectivity index (χ2n) is 7.52. The maximum atomic E-state index is 12.8. The molecule has 140 valence electrons. The highest BCUT2D eigenvalue weighted by Crippen LogP contribution is 2.28. The average molecular weight is 354 g/mol. The van der Waals surface area contributed by atoms with Crippen molar-refractivity contribution in [1.82, 2.24) is 19.4 Å². The van der Waals surface area contributed by atoms with E-state index < -0.39 is 0 Å². The van der Waals surface area contributed by atoms with E-state index in [0.717, 1.165) is 56.6 Å². The van der Waals surface area contributed by atoms with Crippen molar-refractivity contribution in [2.75, 3.05) is 33.7 Å². The van der Waals surface area contributed by atoms with Crippen LogP contribution in [0.2, 0.25) is 0 Å². The molecule has 1 aliphatic rings. The van der Waals surface area contributed by atoms with Crippen molar-refractivity contribution in [2.45, 2.75) is 38.6 Å². The number of piperidine rings is 1. The van der Waals surface area contributed by atoms with Crippen molar-refractivity contribution in [3.63, 3.8) is 0 Å². The summed E-state index contributed by atoms with van der Waals surface area (Å²) in [5.41, 5.74) is 1.88. The van der Waals surface area contributed by atoms with Crippen LogP contribution in [0, 0.1) is 6.92 Å². The predicted molar refractivity (Wildman–Crippen MR) is 104 cm³/mol. The van der Waals surface area contributed by atoms with Crippen LogP contribution < -0.4 is 0 Å². The molecule has 26 heavy (non-hydrogen) atoms. The number of nitrogens with zero attached hydrogens (tertiary/aromatic N) is 4. The number of likely N-dealkylation sites (tertiary alicyclic amines) is 1. The van der Waals surface area contributed by atoms with Gasteiger partial charge >= 0.3 is 0 Å². The molecule has 1 aromatic carbocycles. The third-order valence-electron chi connectivity index (χ3n) is 5.27. The molecule has 1 amide bonds. The molecule has 1 aromatic heterocycles. The van der Waals surface area contributed by atoms with Crippen LogP contribution in [0.25, 0.3) is 0 Å². The predicted octanol–water partition coefficient (Wildman–Crippen LogP) is 3.16. The van der Waals surface area contributed by atoms with Crippen LogP contribution in [0.1, 0.15) is 46.9 Å². The fourth-order valence-corrected chi connectivity index (χ4v) is 3.75. The van der Waals surface area contributed by atoms with Gasteiger partial charge in [0.25, 0.3) is 5.91 Å². The van der Waals surface area contributed by atoms with Gasteiger partial charge in [-0.05, 0) is 58.5 Å². The molecule has 0 unspecified atom stereocenters. The molecule has 0 saturated carbocycles. The first kappa shape index (κ1) is 18.6. The van der Waals surface area contributed by atoms with E-state index >= 15 is 0 Å². The molecule has 1 fully saturated rings. The van der Waals surface area contributed by atoms with Crippen molar-refractivity contribution in [1.29, 1.82) is 0 Å². The fraction of sp³-hybridized carbons (Fsp3) is 0.524. The van der Waals surface area contributed by atoms with Gasteiger partial charge in [0.1, 0.15) is 5.82 Å². The van der Waals surface area contributed by atoms with Crippen molar-refractivity contribution in [2.24, 2.45) is 0 Å². The molecule has 0 aliphatic carbocycles. The summed E-state index contributed by atoms with van der Waals surface area (Å²) in [6, 6.07) is 7.86. The van der Waals surface area contributed by atoms with E-state index in [9.17, 15) is 4.79 Å². The maximum Gasteiger partial charge on any atom is 0.254 e. The summed E-state index contributed by atoms with van der Waals surface area (Å²) in [4.78, 5) is 21.6. The van der Waals surface area contributed by atoms with Crippen molar-refractivity contribution >= 4 is 5.91 Å². The van der Waals surface area contributed by atoms with Gasteiger partial charge < -0.3 is 14.4 Å². The van der Waals surface area contributed by atoms with Crippen molar-refractivity contribution in [3.05, 3.63) is 53.6 Å². The third kappa shape index (κ3) is 4.33. The zero-order chi connectivity index (χ0) is 18.5. The largest absolute Gasteiger partial charge is 0.339 e. The minimum atomic E-state index is 0.163. The topological polar surface area (TPSA) is 41.4 Å². The van der Waals surface area contributed by atoms with Gasteiger partial charge in [-0.15, -0.1) is 0 Å². The van der Waals surface area contributed by atoms with Gasteiger partial charge in [-0.2, -0.15) is 0 Å². The highest BCUT2D eigenvalue weighted by molar-refractivity contribution is 5.95. The standard InChI is InChI=1S/C21H30N4O/c1-17-7-4-5-8-19(17)21(26)25-14-9-18(10-15-25)20-22-11-16-24(20)13-6-12-23(2)3/h4-5,7-8,11,16,18H,6,9-10,12-15H2,1-3H3. The van der Waals surface area contributed by atoms with Crippen molar-refractivity contribution in [3.8, 4) is 0 Å². The average Bonchev–Trinajstić information content (AvgIpc) is 3.10. The van der Waals surface area contributed by atoms with Crippen LogP contribution in [0.15, 0.2) is 36.7 Å². The van der Waals surface area contributed by atoms with Crippen molar-refractivity contribution < 1.29 is 4.79 Å². The van der Waals surface area contributed by atoms with E-state index in [4.69, 9.17) is 0 Å². The minimum Gasteiger partial charge on any atom is -0.339 e. The molecule has 3 rings (SSSR count). The number of hydrogen-bond acceptors (Lipinski definition) is 3. The van der Waals surface area contributed by atoms with E-state index in [1.807, 2.05) is 42.3 Å². The third-order valence-corrected chi connectivity index (χ3v) is 5.27. The molecule has 2 aromatic rings. The van der Waals surface area contributed by atoms with Crippen LogP contribution in [0.4, 0.5) is 0 Å². The monoisotopic (exact) mass is 354 g/mol. The van der Waals surface area contributed by atoms with E-state index in [1.54, 1.807) is 0 Å². The molecule has 0 radical (unpaired) electrons. The first-order chi connectivity index (χ1) is 12.6. The van der Waals surface area contributed by atoms with Gasteiger partial charge in [-0.25, -0.2) is 4.98 Å². The number of benzene rings is 1. The lowest BCUT2D eigenvalue weighted by Crippen LogP contribution is -2.38. The summed E-state index contributed by atoms with van der Waals surface area (Å²) >= 11 is 0. The lowest BCUT2D eigenvalue weighted by molar-refractivity contribution is 0.0709. The second-order valence-corrected chi connectivity index (χ2v) is 7.52. The Morgan fingerprint density at radius 1 is 1.23 bits per heavy atom. The van der Waals surface area contributed by atoms with Gasteiger partial charge in [0, 0.05) is 43.5 Å². The first-order valence-corrected chi connectivity index (χ1v) is 9.57. The fourth-order valence-electron chi connectivity index (χ4n) is 3.75. The molecule has 1 aliphatic heterocycles. The summed E-state index contributed by atoms with van der Waals surface area (Å²) < 4.78 is 2.30. The molecule has 0 atom stereocenters. The SMILES string of the molecule is Cc1ccccc1C(=O)N1CCC(c2nccn2CCCN(C)C)CC1. The summed E-state index contributed by atoms with van der Waals surface area (Å²) in [5, 5.41) is 0. The highest BCUT2D eigenvalue weighted by Gasteiger charge is 2.27. The number of aryl methyl sites for hydroxylation is 2. The van der Waals surface area contributed by atoms with E-state index in [0.29, 0.717) is 5.92 Å². The lowest BCUT2D eigenvalue weighted by atomic mass is 9.95. The highest BCUT2D eigenvalue weighted by atomic mass is 16.2. The number of carbonyl (C=O) groups is 1. The maximum absolute atomic E-state index is 12.8. The molecule has 5 heteroatoms. The number of aromatic nitrogens is 2. The minimum absolute atomic E-state index is 0.163. The Morgan fingerprint density at radius 2 is 1.96 bits per heavy atom. The summed E-state index contributed by atoms with van der Waals surface area (Å²) in [5.74, 6) is 1.80. The van der Waals surface area contributed by atoms with Crippen LogP contribution >= 0.6 is 0 Å². The van der Waals surface area contributed by atoms with E-state index in [1.165, 1.54) is 5.82 Å². The van der Waals surface area contributed by atoms with Gasteiger partial charge in [-0.1, -0.05) is 18.2 Å². The van der Waals surface area contributed by atoms with Crippen LogP contribution in [-0.2, 0) is 6.54 Å². The summed E-state index contributed by atoms with van der Waals surface area (Å²) in [7, 11) is 4.21. The molecule has 0 bridgehead atoms.